The number of hydroxylamine groups is 1. The van der Waals surface area contributed by atoms with E-state index in [0.29, 0.717) is 12.1 Å². The lowest BCUT2D eigenvalue weighted by molar-refractivity contribution is -0.129. The van der Waals surface area contributed by atoms with Gasteiger partial charge in [-0.15, -0.1) is 11.8 Å². The van der Waals surface area contributed by atoms with Crippen LogP contribution in [0.15, 0.2) is 53.4 Å². The number of nitrogens with one attached hydrogen (secondary N) is 1. The Kier molecular flexibility index (Phi) is 6.36. The maximum Gasteiger partial charge on any atom is 0.263 e. The van der Waals surface area contributed by atoms with Gasteiger partial charge in [0.15, 0.2) is 0 Å². The molecule has 1 heterocycles. The number of rotatable bonds is 7. The number of hydrogen-bond acceptors (Lipinski definition) is 5. The van der Waals surface area contributed by atoms with Crippen LogP contribution in [0.3, 0.4) is 0 Å². The summed E-state index contributed by atoms with van der Waals surface area (Å²) in [5.41, 5.74) is 3.51. The van der Waals surface area contributed by atoms with Gasteiger partial charge in [0, 0.05) is 4.90 Å². The molecule has 1 aliphatic heterocycles. The first kappa shape index (κ1) is 19.3. The molecule has 0 bridgehead atoms. The molecule has 1 aliphatic rings. The molecule has 0 aromatic heterocycles. The van der Waals surface area contributed by atoms with E-state index in [1.54, 1.807) is 12.6 Å². The molecule has 2 aromatic carbocycles. The van der Waals surface area contributed by atoms with Crippen molar-refractivity contribution < 1.29 is 19.5 Å². The van der Waals surface area contributed by atoms with Gasteiger partial charge >= 0.3 is 0 Å². The van der Waals surface area contributed by atoms with Gasteiger partial charge in [-0.2, -0.15) is 0 Å². The lowest BCUT2D eigenvalue weighted by Gasteiger charge is -2.33. The Hall–Kier alpha value is -2.51. The number of para-hydroxylation sites is 1. The highest BCUT2D eigenvalue weighted by molar-refractivity contribution is 8.01. The van der Waals surface area contributed by atoms with Crippen molar-refractivity contribution in [1.82, 2.24) is 5.48 Å². The first-order chi connectivity index (χ1) is 13.1. The molecule has 0 radical (unpaired) electrons. The van der Waals surface area contributed by atoms with Gasteiger partial charge in [-0.3, -0.25) is 14.8 Å². The van der Waals surface area contributed by atoms with Gasteiger partial charge in [-0.1, -0.05) is 24.3 Å². The van der Waals surface area contributed by atoms with Crippen LogP contribution in [-0.2, 0) is 16.0 Å². The van der Waals surface area contributed by atoms with Crippen molar-refractivity contribution >= 4 is 29.3 Å². The molecule has 1 atom stereocenters. The summed E-state index contributed by atoms with van der Waals surface area (Å²) in [6.45, 7) is -0.193. The molecule has 6 nitrogen and oxygen atoms in total. The van der Waals surface area contributed by atoms with Crippen LogP contribution < -0.4 is 15.1 Å². The molecule has 7 heteroatoms. The smallest absolute Gasteiger partial charge is 0.263 e. The van der Waals surface area contributed by atoms with Gasteiger partial charge in [-0.05, 0) is 49.1 Å². The topological polar surface area (TPSA) is 78.9 Å². The number of thioether (sulfide) groups is 1. The van der Waals surface area contributed by atoms with Gasteiger partial charge in [-0.25, -0.2) is 5.48 Å². The normalized spacial score (nSPS) is 16.0. The standard InChI is InChI=1S/C20H22N2O4S/c1-26-15-11-9-14(10-12-15)5-4-8-18-20(24)22(13-19(23)21-25)16-6-2-3-7-17(16)27-18/h2-3,6-7,9-12,18,25H,4-5,8,13H2,1H3,(H,21,23). The van der Waals surface area contributed by atoms with Crippen molar-refractivity contribution in [3.63, 3.8) is 0 Å². The first-order valence-electron chi connectivity index (χ1n) is 8.75. The molecule has 2 aromatic rings. The first-order valence-corrected chi connectivity index (χ1v) is 9.63. The Labute approximate surface area is 162 Å². The summed E-state index contributed by atoms with van der Waals surface area (Å²) < 4.78 is 5.16. The maximum absolute atomic E-state index is 12.9. The highest BCUT2D eigenvalue weighted by Crippen LogP contribution is 2.40. The summed E-state index contributed by atoms with van der Waals surface area (Å²) in [6.07, 6.45) is 2.44. The monoisotopic (exact) mass is 386 g/mol. The fourth-order valence-corrected chi connectivity index (χ4v) is 4.36. The maximum atomic E-state index is 12.9. The minimum Gasteiger partial charge on any atom is -0.497 e. The van der Waals surface area contributed by atoms with Crippen LogP contribution >= 0.6 is 11.8 Å². The van der Waals surface area contributed by atoms with E-state index < -0.39 is 5.91 Å². The van der Waals surface area contributed by atoms with E-state index >= 15 is 0 Å². The number of benzene rings is 2. The van der Waals surface area contributed by atoms with Crippen LogP contribution in [0.25, 0.3) is 0 Å². The van der Waals surface area contributed by atoms with Gasteiger partial charge in [0.05, 0.1) is 18.0 Å². The number of amides is 2. The van der Waals surface area contributed by atoms with Gasteiger partial charge in [0.2, 0.25) is 5.91 Å². The van der Waals surface area contributed by atoms with Crippen LogP contribution in [-0.4, -0.2) is 35.9 Å². The number of methoxy groups -OCH3 is 1. The molecule has 0 saturated heterocycles. The third-order valence-corrected chi connectivity index (χ3v) is 5.80. The van der Waals surface area contributed by atoms with Crippen molar-refractivity contribution in [1.29, 1.82) is 0 Å². The summed E-state index contributed by atoms with van der Waals surface area (Å²) in [6, 6.07) is 15.4. The second-order valence-corrected chi connectivity index (χ2v) is 7.52. The van der Waals surface area contributed by atoms with Gasteiger partial charge in [0.1, 0.15) is 12.3 Å². The van der Waals surface area contributed by atoms with E-state index in [1.807, 2.05) is 48.5 Å². The quantitative estimate of drug-likeness (QED) is 0.565. The summed E-state index contributed by atoms with van der Waals surface area (Å²) in [5.74, 6) is 0.116. The Morgan fingerprint density at radius 2 is 1.96 bits per heavy atom. The molecule has 1 unspecified atom stereocenters. The van der Waals surface area contributed by atoms with Crippen LogP contribution in [0.5, 0.6) is 5.75 Å². The van der Waals surface area contributed by atoms with E-state index in [1.165, 1.54) is 22.2 Å². The Morgan fingerprint density at radius 1 is 1.22 bits per heavy atom. The van der Waals surface area contributed by atoms with Crippen LogP contribution in [0.4, 0.5) is 5.69 Å². The lowest BCUT2D eigenvalue weighted by Crippen LogP contribution is -2.46. The van der Waals surface area contributed by atoms with Crippen molar-refractivity contribution in [2.24, 2.45) is 0 Å². The third kappa shape index (κ3) is 4.61. The van der Waals surface area contributed by atoms with E-state index in [4.69, 9.17) is 9.94 Å². The van der Waals surface area contributed by atoms with E-state index in [2.05, 4.69) is 0 Å². The number of ether oxygens (including phenoxy) is 1. The number of aryl methyl sites for hydroxylation is 1. The van der Waals surface area contributed by atoms with Crippen molar-refractivity contribution in [3.8, 4) is 5.75 Å². The van der Waals surface area contributed by atoms with Gasteiger partial charge in [0.25, 0.3) is 5.91 Å². The molecule has 2 N–H and O–H groups in total. The molecular formula is C20H22N2O4S. The minimum atomic E-state index is -0.609. The highest BCUT2D eigenvalue weighted by atomic mass is 32.2. The number of hydrogen-bond donors (Lipinski definition) is 2. The molecule has 0 spiro atoms. The van der Waals surface area contributed by atoms with Crippen LogP contribution in [0, 0.1) is 0 Å². The van der Waals surface area contributed by atoms with Crippen LogP contribution in [0.1, 0.15) is 18.4 Å². The predicted octanol–water partition coefficient (Wildman–Crippen LogP) is 3.03. The van der Waals surface area contributed by atoms with E-state index in [9.17, 15) is 9.59 Å². The second-order valence-electron chi connectivity index (χ2n) is 6.27. The zero-order valence-corrected chi connectivity index (χ0v) is 15.9. The number of fused-ring (bicyclic) bond motifs is 1. The fourth-order valence-electron chi connectivity index (χ4n) is 3.08. The zero-order valence-electron chi connectivity index (χ0n) is 15.1. The molecule has 27 heavy (non-hydrogen) atoms. The van der Waals surface area contributed by atoms with E-state index in [-0.39, 0.29) is 17.7 Å². The van der Waals surface area contributed by atoms with Gasteiger partial charge < -0.3 is 9.64 Å². The third-order valence-electron chi connectivity index (χ3n) is 4.48. The van der Waals surface area contributed by atoms with Crippen molar-refractivity contribution in [3.05, 3.63) is 54.1 Å². The Morgan fingerprint density at radius 3 is 2.67 bits per heavy atom. The fraction of sp³-hybridized carbons (Fsp3) is 0.300. The zero-order chi connectivity index (χ0) is 19.2. The molecule has 0 fully saturated rings. The SMILES string of the molecule is COc1ccc(CCCC2Sc3ccccc3N(CC(=O)NO)C2=O)cc1. The number of nitrogens with zero attached hydrogens (tertiary/aromatic N) is 1. The average molecular weight is 386 g/mol. The van der Waals surface area contributed by atoms with Crippen molar-refractivity contribution in [2.75, 3.05) is 18.6 Å². The summed E-state index contributed by atoms with van der Waals surface area (Å²) in [5, 5.41) is 8.57. The summed E-state index contributed by atoms with van der Waals surface area (Å²) in [7, 11) is 1.64. The van der Waals surface area contributed by atoms with E-state index in [0.717, 1.165) is 23.5 Å². The number of carbonyl (C=O) groups excluding carboxylic acids is 2. The minimum absolute atomic E-state index is 0.1000. The molecule has 2 amide bonds. The Bertz CT molecular complexity index is 810. The summed E-state index contributed by atoms with van der Waals surface area (Å²) >= 11 is 1.54. The number of anilines is 1. The largest absolute Gasteiger partial charge is 0.497 e. The summed E-state index contributed by atoms with van der Waals surface area (Å²) in [4.78, 5) is 26.9. The highest BCUT2D eigenvalue weighted by Gasteiger charge is 2.33. The molecule has 0 saturated carbocycles. The lowest BCUT2D eigenvalue weighted by atomic mass is 10.1. The van der Waals surface area contributed by atoms with Crippen molar-refractivity contribution in [2.45, 2.75) is 29.4 Å². The van der Waals surface area contributed by atoms with Crippen LogP contribution in [0.2, 0.25) is 0 Å². The number of carbonyl (C=O) groups is 2. The molecule has 3 rings (SSSR count). The Balaban J connectivity index is 1.66. The second kappa shape index (κ2) is 8.92. The molecular weight excluding hydrogens is 364 g/mol. The average Bonchev–Trinajstić information content (AvgIpc) is 2.71. The molecule has 0 aliphatic carbocycles. The molecule has 142 valence electrons. The predicted molar refractivity (Wildman–Crippen MR) is 104 cm³/mol.